The molecule has 0 aliphatic carbocycles. The second-order valence-electron chi connectivity index (χ2n) is 3.79. The molecule has 2 aliphatic rings. The Labute approximate surface area is 143 Å². The molecule has 0 fully saturated rings. The maximum absolute atomic E-state index is 11.8. The molecule has 0 amide bonds. The van der Waals surface area contributed by atoms with Crippen LogP contribution < -0.4 is 0 Å². The molecule has 2 N–H and O–H groups in total. The number of aliphatic hydroxyl groups excluding tert-OH is 2. The lowest BCUT2D eigenvalue weighted by molar-refractivity contribution is -0.138. The maximum atomic E-state index is 11.8. The molecule has 10 heteroatoms. The number of thioether (sulfide) groups is 4. The summed E-state index contributed by atoms with van der Waals surface area (Å²) in [5, 5.41) is 18.6. The summed E-state index contributed by atoms with van der Waals surface area (Å²) in [6.45, 7) is -0.332. The number of esters is 2. The van der Waals surface area contributed by atoms with Gasteiger partial charge in [-0.1, -0.05) is 47.0 Å². The van der Waals surface area contributed by atoms with Gasteiger partial charge in [-0.15, -0.1) is 0 Å². The summed E-state index contributed by atoms with van der Waals surface area (Å²) in [4.78, 5) is 25.3. The first-order valence-electron chi connectivity index (χ1n) is 5.86. The number of carbonyl (C=O) groups is 2. The van der Waals surface area contributed by atoms with Crippen LogP contribution in [0.5, 0.6) is 0 Å². The van der Waals surface area contributed by atoms with Crippen molar-refractivity contribution in [3.8, 4) is 0 Å². The van der Waals surface area contributed by atoms with Crippen molar-refractivity contribution in [1.29, 1.82) is 0 Å². The second kappa shape index (κ2) is 7.84. The molecular weight excluding hydrogens is 368 g/mol. The van der Waals surface area contributed by atoms with Gasteiger partial charge in [-0.25, -0.2) is 9.59 Å². The van der Waals surface area contributed by atoms with Crippen LogP contribution in [0.2, 0.25) is 0 Å². The molecule has 2 aliphatic heterocycles. The van der Waals surface area contributed by atoms with Crippen molar-refractivity contribution < 1.29 is 29.3 Å². The number of hydrogen-bond donors (Lipinski definition) is 2. The summed E-state index contributed by atoms with van der Waals surface area (Å²) in [5.41, 5.74) is 0. The average Bonchev–Trinajstić information content (AvgIpc) is 3.16. The van der Waals surface area contributed by atoms with E-state index in [-0.39, 0.29) is 23.0 Å². The molecule has 0 atom stereocenters. The third-order valence-corrected chi connectivity index (χ3v) is 8.26. The minimum atomic E-state index is -0.598. The first-order valence-corrected chi connectivity index (χ1v) is 9.12. The van der Waals surface area contributed by atoms with Gasteiger partial charge in [0, 0.05) is 9.81 Å². The zero-order valence-electron chi connectivity index (χ0n) is 11.6. The largest absolute Gasteiger partial charge is 0.465 e. The summed E-state index contributed by atoms with van der Waals surface area (Å²) in [7, 11) is 2.49. The Morgan fingerprint density at radius 3 is 1.50 bits per heavy atom. The van der Waals surface area contributed by atoms with Gasteiger partial charge in [-0.2, -0.15) is 0 Å². The standard InChI is InChI=1S/C12H12O6S4/c1-17-9(15)7-8(10(16)18-2)22-12(21-7)11-19-5(3-13)6(4-14)20-11/h13-14H,3-4H2,1-2H3. The Kier molecular flexibility index (Phi) is 6.36. The van der Waals surface area contributed by atoms with E-state index in [9.17, 15) is 19.8 Å². The van der Waals surface area contributed by atoms with E-state index in [1.165, 1.54) is 37.7 Å². The third kappa shape index (κ3) is 3.52. The van der Waals surface area contributed by atoms with Crippen molar-refractivity contribution >= 4 is 59.0 Å². The molecule has 0 spiro atoms. The van der Waals surface area contributed by atoms with Crippen LogP contribution in [0.25, 0.3) is 0 Å². The number of carbonyl (C=O) groups excluding carboxylic acids is 2. The summed E-state index contributed by atoms with van der Waals surface area (Å²) in [5.74, 6) is -1.20. The van der Waals surface area contributed by atoms with Gasteiger partial charge in [0.2, 0.25) is 0 Å². The van der Waals surface area contributed by atoms with E-state index in [2.05, 4.69) is 9.47 Å². The normalized spacial score (nSPS) is 18.4. The van der Waals surface area contributed by atoms with E-state index < -0.39 is 11.9 Å². The number of rotatable bonds is 4. The quantitative estimate of drug-likeness (QED) is 0.704. The van der Waals surface area contributed by atoms with E-state index in [0.29, 0.717) is 9.81 Å². The fraction of sp³-hybridized carbons (Fsp3) is 0.333. The highest BCUT2D eigenvalue weighted by molar-refractivity contribution is 8.34. The minimum absolute atomic E-state index is 0.166. The third-order valence-electron chi connectivity index (χ3n) is 2.53. The molecule has 6 nitrogen and oxygen atoms in total. The highest BCUT2D eigenvalue weighted by Crippen LogP contribution is 2.59. The zero-order chi connectivity index (χ0) is 16.3. The van der Waals surface area contributed by atoms with E-state index >= 15 is 0 Å². The predicted octanol–water partition coefficient (Wildman–Crippen LogP) is 1.83. The Morgan fingerprint density at radius 2 is 1.18 bits per heavy atom. The molecule has 120 valence electrons. The van der Waals surface area contributed by atoms with Crippen LogP contribution in [-0.4, -0.2) is 49.6 Å². The Bertz CT molecular complexity index is 559. The minimum Gasteiger partial charge on any atom is -0.465 e. The lowest BCUT2D eigenvalue weighted by Gasteiger charge is -2.02. The second-order valence-corrected chi connectivity index (χ2v) is 8.56. The van der Waals surface area contributed by atoms with Crippen LogP contribution in [0.15, 0.2) is 28.1 Å². The van der Waals surface area contributed by atoms with E-state index in [1.807, 2.05) is 0 Å². The highest BCUT2D eigenvalue weighted by atomic mass is 32.2. The molecule has 0 aromatic carbocycles. The first-order chi connectivity index (χ1) is 10.5. The van der Waals surface area contributed by atoms with Crippen LogP contribution in [-0.2, 0) is 19.1 Å². The van der Waals surface area contributed by atoms with Gasteiger partial charge in [-0.05, 0) is 0 Å². The Morgan fingerprint density at radius 1 is 0.818 bits per heavy atom. The maximum Gasteiger partial charge on any atom is 0.346 e. The average molecular weight is 380 g/mol. The van der Waals surface area contributed by atoms with Gasteiger partial charge in [0.1, 0.15) is 9.81 Å². The van der Waals surface area contributed by atoms with Crippen LogP contribution in [0.1, 0.15) is 0 Å². The molecule has 0 aromatic heterocycles. The van der Waals surface area contributed by atoms with Gasteiger partial charge < -0.3 is 19.7 Å². The van der Waals surface area contributed by atoms with Crippen molar-refractivity contribution in [2.45, 2.75) is 0 Å². The molecule has 0 radical (unpaired) electrons. The van der Waals surface area contributed by atoms with Gasteiger partial charge in [0.25, 0.3) is 0 Å². The SMILES string of the molecule is COC(=O)C1=C(C(=O)OC)SC(=C2SC(CO)=C(CO)S2)S1. The van der Waals surface area contributed by atoms with Gasteiger partial charge in [0.05, 0.1) is 35.9 Å². The van der Waals surface area contributed by atoms with Crippen LogP contribution in [0.3, 0.4) is 0 Å². The molecule has 0 aromatic rings. The predicted molar refractivity (Wildman–Crippen MR) is 89.6 cm³/mol. The topological polar surface area (TPSA) is 93.1 Å². The van der Waals surface area contributed by atoms with E-state index in [1.54, 1.807) is 0 Å². The first kappa shape index (κ1) is 17.8. The van der Waals surface area contributed by atoms with Gasteiger partial charge in [0.15, 0.2) is 0 Å². The fourth-order valence-corrected chi connectivity index (χ4v) is 6.78. The lowest BCUT2D eigenvalue weighted by atomic mass is 10.5. The molecule has 0 bridgehead atoms. The molecule has 22 heavy (non-hydrogen) atoms. The Balaban J connectivity index is 2.27. The van der Waals surface area contributed by atoms with Crippen molar-refractivity contribution in [2.24, 2.45) is 0 Å². The fourth-order valence-electron chi connectivity index (χ4n) is 1.52. The Hall–Kier alpha value is -0.520. The van der Waals surface area contributed by atoms with E-state index in [4.69, 9.17) is 0 Å². The lowest BCUT2D eigenvalue weighted by Crippen LogP contribution is -2.08. The number of aliphatic hydroxyl groups is 2. The summed E-state index contributed by atoms with van der Waals surface area (Å²) in [6.07, 6.45) is 0. The van der Waals surface area contributed by atoms with Crippen LogP contribution >= 0.6 is 47.0 Å². The molecule has 0 saturated heterocycles. The highest BCUT2D eigenvalue weighted by Gasteiger charge is 2.35. The molecule has 0 saturated carbocycles. The smallest absolute Gasteiger partial charge is 0.346 e. The number of ether oxygens (including phenoxy) is 2. The van der Waals surface area contributed by atoms with E-state index in [0.717, 1.165) is 32.0 Å². The van der Waals surface area contributed by atoms with Gasteiger partial charge in [-0.3, -0.25) is 0 Å². The van der Waals surface area contributed by atoms with Crippen LogP contribution in [0.4, 0.5) is 0 Å². The molecule has 2 rings (SSSR count). The number of methoxy groups -OCH3 is 2. The number of hydrogen-bond acceptors (Lipinski definition) is 10. The van der Waals surface area contributed by atoms with Crippen molar-refractivity contribution in [1.82, 2.24) is 0 Å². The monoisotopic (exact) mass is 380 g/mol. The van der Waals surface area contributed by atoms with Crippen LogP contribution in [0, 0.1) is 0 Å². The van der Waals surface area contributed by atoms with Crippen molar-refractivity contribution in [2.75, 3.05) is 27.4 Å². The molecular formula is C12H12O6S4. The zero-order valence-corrected chi connectivity index (χ0v) is 14.8. The van der Waals surface area contributed by atoms with Crippen molar-refractivity contribution in [3.63, 3.8) is 0 Å². The summed E-state index contributed by atoms with van der Waals surface area (Å²) >= 11 is 4.91. The molecule has 2 heterocycles. The molecule has 0 unspecified atom stereocenters. The summed E-state index contributed by atoms with van der Waals surface area (Å²) < 4.78 is 10.9. The summed E-state index contributed by atoms with van der Waals surface area (Å²) in [6, 6.07) is 0. The van der Waals surface area contributed by atoms with Gasteiger partial charge >= 0.3 is 11.9 Å². The van der Waals surface area contributed by atoms with Crippen molar-refractivity contribution in [3.05, 3.63) is 28.1 Å².